The quantitative estimate of drug-likeness (QED) is 0.150. The van der Waals surface area contributed by atoms with Crippen LogP contribution in [-0.2, 0) is 16.2 Å². The molecule has 0 bridgehead atoms. The lowest BCUT2D eigenvalue weighted by Crippen LogP contribution is -2.28. The number of hydrogen-bond donors (Lipinski definition) is 0. The number of hydrogen-bond acceptors (Lipinski definition) is 2. The predicted molar refractivity (Wildman–Crippen MR) is 288 cm³/mol. The van der Waals surface area contributed by atoms with Gasteiger partial charge in [0.2, 0.25) is 0 Å². The summed E-state index contributed by atoms with van der Waals surface area (Å²) >= 11 is 0. The molecule has 2 nitrogen and oxygen atoms in total. The highest BCUT2D eigenvalue weighted by Gasteiger charge is 2.46. The van der Waals surface area contributed by atoms with Crippen LogP contribution >= 0.6 is 0 Å². The highest BCUT2D eigenvalue weighted by molar-refractivity contribution is 5.93. The Labute approximate surface area is 406 Å². The van der Waals surface area contributed by atoms with Crippen molar-refractivity contribution in [3.05, 3.63) is 287 Å². The lowest BCUT2D eigenvalue weighted by Gasteiger charge is -2.35. The molecule has 0 spiro atoms. The maximum atomic E-state index is 2.53. The maximum absolute atomic E-state index is 2.53. The Morgan fingerprint density at radius 1 is 0.261 bits per heavy atom. The third kappa shape index (κ3) is 5.98. The van der Waals surface area contributed by atoms with Crippen molar-refractivity contribution in [2.75, 3.05) is 9.80 Å². The van der Waals surface area contributed by atoms with Gasteiger partial charge in [0.05, 0.1) is 11.1 Å². The van der Waals surface area contributed by atoms with Crippen molar-refractivity contribution < 1.29 is 0 Å². The highest BCUT2D eigenvalue weighted by atomic mass is 15.2. The zero-order valence-electron chi connectivity index (χ0n) is 39.5. The summed E-state index contributed by atoms with van der Waals surface area (Å²) in [5.74, 6) is 0. The first kappa shape index (κ1) is 41.0. The largest absolute Gasteiger partial charge is 0.310 e. The van der Waals surface area contributed by atoms with E-state index in [2.05, 4.69) is 280 Å². The van der Waals surface area contributed by atoms with Crippen LogP contribution in [0.2, 0.25) is 0 Å². The van der Waals surface area contributed by atoms with Gasteiger partial charge in [0.15, 0.2) is 0 Å². The Morgan fingerprint density at radius 3 is 1.30 bits per heavy atom. The van der Waals surface area contributed by atoms with Crippen molar-refractivity contribution in [1.29, 1.82) is 0 Å². The van der Waals surface area contributed by atoms with E-state index in [-0.39, 0.29) is 10.8 Å². The van der Waals surface area contributed by atoms with E-state index in [0.29, 0.717) is 0 Å². The molecular weight excluding hydrogens is 833 g/mol. The van der Waals surface area contributed by atoms with Crippen LogP contribution < -0.4 is 9.80 Å². The Hall–Kier alpha value is -8.20. The van der Waals surface area contributed by atoms with E-state index in [1.54, 1.807) is 0 Å². The first-order valence-corrected chi connectivity index (χ1v) is 24.3. The number of anilines is 6. The Bertz CT molecular complexity index is 3570. The molecule has 0 radical (unpaired) electrons. The van der Waals surface area contributed by atoms with Crippen LogP contribution in [0.5, 0.6) is 0 Å². The summed E-state index contributed by atoms with van der Waals surface area (Å²) in [6, 6.07) is 90.3. The van der Waals surface area contributed by atoms with Gasteiger partial charge in [0, 0.05) is 39.3 Å². The molecule has 0 saturated heterocycles. The molecule has 10 aromatic rings. The molecule has 0 N–H and O–H groups in total. The van der Waals surface area contributed by atoms with E-state index < -0.39 is 5.41 Å². The van der Waals surface area contributed by atoms with Gasteiger partial charge in [0.25, 0.3) is 0 Å². The number of rotatable bonds is 8. The second-order valence-corrected chi connectivity index (χ2v) is 20.1. The zero-order valence-corrected chi connectivity index (χ0v) is 39.5. The molecule has 0 atom stereocenters. The molecule has 0 heterocycles. The third-order valence-electron chi connectivity index (χ3n) is 15.7. The summed E-state index contributed by atoms with van der Waals surface area (Å²) in [6.07, 6.45) is 0. The van der Waals surface area contributed by atoms with Crippen LogP contribution in [0.15, 0.2) is 243 Å². The van der Waals surface area contributed by atoms with E-state index in [1.165, 1.54) is 83.6 Å². The Kier molecular flexibility index (Phi) is 9.17. The molecule has 69 heavy (non-hydrogen) atoms. The molecule has 13 rings (SSSR count). The number of fused-ring (bicyclic) bond motifs is 9. The van der Waals surface area contributed by atoms with Crippen LogP contribution in [-0.4, -0.2) is 0 Å². The van der Waals surface area contributed by atoms with Crippen LogP contribution in [0, 0.1) is 0 Å². The van der Waals surface area contributed by atoms with Crippen LogP contribution in [0.1, 0.15) is 72.2 Å². The summed E-state index contributed by atoms with van der Waals surface area (Å²) in [5.41, 5.74) is 24.3. The fraction of sp³-hybridized carbons (Fsp3) is 0.104. The Morgan fingerprint density at radius 2 is 0.667 bits per heavy atom. The molecule has 0 fully saturated rings. The second-order valence-electron chi connectivity index (χ2n) is 20.1. The minimum Gasteiger partial charge on any atom is -0.310 e. The summed E-state index contributed by atoms with van der Waals surface area (Å²) in [7, 11) is 0. The molecule has 330 valence electrons. The Balaban J connectivity index is 0.989. The number of benzene rings is 10. The van der Waals surface area contributed by atoms with Crippen molar-refractivity contribution in [3.8, 4) is 33.4 Å². The molecule has 0 saturated carbocycles. The van der Waals surface area contributed by atoms with Gasteiger partial charge < -0.3 is 9.80 Å². The zero-order chi connectivity index (χ0) is 46.5. The average molecular weight is 885 g/mol. The normalized spacial score (nSPS) is 14.7. The lowest BCUT2D eigenvalue weighted by molar-refractivity contribution is 0.658. The average Bonchev–Trinajstić information content (AvgIpc) is 3.93. The van der Waals surface area contributed by atoms with Gasteiger partial charge in [-0.3, -0.25) is 0 Å². The first-order valence-electron chi connectivity index (χ1n) is 24.3. The molecule has 3 aliphatic rings. The highest BCUT2D eigenvalue weighted by Crippen LogP contribution is 2.58. The molecule has 0 amide bonds. The van der Waals surface area contributed by atoms with Crippen molar-refractivity contribution >= 4 is 34.1 Å². The van der Waals surface area contributed by atoms with Gasteiger partial charge in [-0.15, -0.1) is 0 Å². The fourth-order valence-electron chi connectivity index (χ4n) is 12.6. The van der Waals surface area contributed by atoms with E-state index in [0.717, 1.165) is 28.4 Å². The lowest BCUT2D eigenvalue weighted by atomic mass is 9.68. The third-order valence-corrected chi connectivity index (χ3v) is 15.7. The van der Waals surface area contributed by atoms with Crippen molar-refractivity contribution in [3.63, 3.8) is 0 Å². The van der Waals surface area contributed by atoms with Crippen molar-refractivity contribution in [2.45, 2.75) is 43.9 Å². The van der Waals surface area contributed by atoms with Gasteiger partial charge in [-0.25, -0.2) is 0 Å². The van der Waals surface area contributed by atoms with Crippen LogP contribution in [0.25, 0.3) is 33.4 Å². The monoisotopic (exact) mass is 884 g/mol. The van der Waals surface area contributed by atoms with E-state index >= 15 is 0 Å². The van der Waals surface area contributed by atoms with E-state index in [1.807, 2.05) is 0 Å². The smallest absolute Gasteiger partial charge is 0.0713 e. The SMILES string of the molecule is CC1(C)c2ccccc2-c2ccc(N(c3cccc(N(c4ccccc4)c4ccc(C5(c6ccccc6)c6ccccc6-c6ccccc65)cc4)c3)c3cccc4c3C(C)(C)c3ccccc3-4)cc21. The molecule has 3 aliphatic carbocycles. The minimum atomic E-state index is -0.472. The first-order chi connectivity index (χ1) is 33.8. The summed E-state index contributed by atoms with van der Waals surface area (Å²) < 4.78 is 0. The molecule has 0 unspecified atom stereocenters. The van der Waals surface area contributed by atoms with Gasteiger partial charge >= 0.3 is 0 Å². The maximum Gasteiger partial charge on any atom is 0.0713 e. The van der Waals surface area contributed by atoms with E-state index in [4.69, 9.17) is 0 Å². The van der Waals surface area contributed by atoms with Gasteiger partial charge in [-0.2, -0.15) is 0 Å². The molecule has 0 aromatic heterocycles. The summed E-state index contributed by atoms with van der Waals surface area (Å²) in [5, 5.41) is 0. The van der Waals surface area contributed by atoms with Crippen LogP contribution in [0.3, 0.4) is 0 Å². The van der Waals surface area contributed by atoms with Gasteiger partial charge in [-0.1, -0.05) is 210 Å². The predicted octanol–water partition coefficient (Wildman–Crippen LogP) is 17.6. The second kappa shape index (κ2) is 15.4. The van der Waals surface area contributed by atoms with E-state index in [9.17, 15) is 0 Å². The van der Waals surface area contributed by atoms with Crippen molar-refractivity contribution in [2.24, 2.45) is 0 Å². The standard InChI is InChI=1S/C67H52N2/c1-65(2)58-32-15-11-27-52(58)56-42-41-51(44-62(56)65)69(63-36-20-31-57-55-30-12-16-33-59(55)66(3,4)64(57)63)50-26-19-25-49(43-50)68(47-23-9-6-10-24-47)48-39-37-46(38-40-48)67(45-21-7-5-8-22-45)60-34-17-13-28-53(60)54-29-14-18-35-61(54)67/h5-44H,1-4H3. The number of nitrogens with zero attached hydrogens (tertiary/aromatic N) is 2. The molecule has 0 aliphatic heterocycles. The number of para-hydroxylation sites is 1. The molecular formula is C67H52N2. The summed E-state index contributed by atoms with van der Waals surface area (Å²) in [4.78, 5) is 4.94. The summed E-state index contributed by atoms with van der Waals surface area (Å²) in [6.45, 7) is 9.54. The topological polar surface area (TPSA) is 6.48 Å². The van der Waals surface area contributed by atoms with Crippen molar-refractivity contribution in [1.82, 2.24) is 0 Å². The minimum absolute atomic E-state index is 0.151. The molecule has 10 aromatic carbocycles. The van der Waals surface area contributed by atoms with Gasteiger partial charge in [0.1, 0.15) is 0 Å². The molecule has 2 heteroatoms. The van der Waals surface area contributed by atoms with Gasteiger partial charge in [-0.05, 0) is 139 Å². The van der Waals surface area contributed by atoms with Crippen LogP contribution in [0.4, 0.5) is 34.1 Å². The fourth-order valence-corrected chi connectivity index (χ4v) is 12.6.